The van der Waals surface area contributed by atoms with Crippen LogP contribution in [-0.4, -0.2) is 11.7 Å². The lowest BCUT2D eigenvalue weighted by molar-refractivity contribution is 0.284. The Morgan fingerprint density at radius 1 is 0.947 bits per heavy atom. The van der Waals surface area contributed by atoms with Gasteiger partial charge in [-0.2, -0.15) is 0 Å². The van der Waals surface area contributed by atoms with Gasteiger partial charge in [0.2, 0.25) is 0 Å². The quantitative estimate of drug-likeness (QED) is 0.834. The van der Waals surface area contributed by atoms with E-state index in [0.29, 0.717) is 19.6 Å². The molecule has 0 bridgehead atoms. The maximum atomic E-state index is 9.02. The fourth-order valence-corrected chi connectivity index (χ4v) is 1.90. The van der Waals surface area contributed by atoms with E-state index in [9.17, 15) is 0 Å². The third-order valence-electron chi connectivity index (χ3n) is 3.01. The van der Waals surface area contributed by atoms with Crippen molar-refractivity contribution in [3.05, 3.63) is 65.2 Å². The van der Waals surface area contributed by atoms with Crippen LogP contribution in [0.25, 0.3) is 0 Å². The predicted octanol–water partition coefficient (Wildman–Crippen LogP) is 2.26. The van der Waals surface area contributed by atoms with E-state index in [-0.39, 0.29) is 6.61 Å². The van der Waals surface area contributed by atoms with Crippen molar-refractivity contribution in [2.24, 2.45) is 5.73 Å². The standard InChI is InChI=1S/C16H19NO2/c17-11-13-5-7-14(8-6-13)12-19-16-4-2-1-3-15(16)9-10-18/h1-8,18H,9-12,17H2. The second-order valence-electron chi connectivity index (χ2n) is 4.39. The first-order valence-electron chi connectivity index (χ1n) is 6.43. The van der Waals surface area contributed by atoms with Crippen LogP contribution >= 0.6 is 0 Å². The van der Waals surface area contributed by atoms with Gasteiger partial charge in [-0.1, -0.05) is 42.5 Å². The Bertz CT molecular complexity index is 508. The van der Waals surface area contributed by atoms with Gasteiger partial charge in [-0.25, -0.2) is 0 Å². The molecule has 0 unspecified atom stereocenters. The van der Waals surface area contributed by atoms with Crippen molar-refractivity contribution in [1.29, 1.82) is 0 Å². The highest BCUT2D eigenvalue weighted by atomic mass is 16.5. The third-order valence-corrected chi connectivity index (χ3v) is 3.01. The fraction of sp³-hybridized carbons (Fsp3) is 0.250. The second-order valence-corrected chi connectivity index (χ2v) is 4.39. The molecule has 3 nitrogen and oxygen atoms in total. The van der Waals surface area contributed by atoms with Gasteiger partial charge in [0.25, 0.3) is 0 Å². The molecule has 2 rings (SSSR count). The molecule has 100 valence electrons. The first-order valence-corrected chi connectivity index (χ1v) is 6.43. The summed E-state index contributed by atoms with van der Waals surface area (Å²) in [4.78, 5) is 0. The normalized spacial score (nSPS) is 10.4. The minimum absolute atomic E-state index is 0.131. The van der Waals surface area contributed by atoms with Crippen LogP contribution in [0.4, 0.5) is 0 Å². The number of hydrogen-bond acceptors (Lipinski definition) is 3. The Hall–Kier alpha value is -1.84. The Balaban J connectivity index is 2.01. The summed E-state index contributed by atoms with van der Waals surface area (Å²) in [5.74, 6) is 0.833. The average molecular weight is 257 g/mol. The number of aliphatic hydroxyl groups is 1. The van der Waals surface area contributed by atoms with E-state index in [1.165, 1.54) is 0 Å². The van der Waals surface area contributed by atoms with Crippen LogP contribution in [0.2, 0.25) is 0 Å². The molecule has 3 N–H and O–H groups in total. The number of para-hydroxylation sites is 1. The molecule has 0 aliphatic carbocycles. The first-order chi connectivity index (χ1) is 9.33. The molecular formula is C16H19NO2. The van der Waals surface area contributed by atoms with E-state index in [4.69, 9.17) is 15.6 Å². The molecule has 0 saturated heterocycles. The number of rotatable bonds is 6. The zero-order valence-corrected chi connectivity index (χ0v) is 10.9. The fourth-order valence-electron chi connectivity index (χ4n) is 1.90. The van der Waals surface area contributed by atoms with Crippen molar-refractivity contribution >= 4 is 0 Å². The number of aliphatic hydroxyl groups excluding tert-OH is 1. The second kappa shape index (κ2) is 6.92. The summed E-state index contributed by atoms with van der Waals surface area (Å²) in [6.45, 7) is 1.21. The van der Waals surface area contributed by atoms with E-state index in [0.717, 1.165) is 22.4 Å². The highest BCUT2D eigenvalue weighted by Gasteiger charge is 2.02. The minimum atomic E-state index is 0.131. The van der Waals surface area contributed by atoms with Crippen LogP contribution in [0.1, 0.15) is 16.7 Å². The Labute approximate surface area is 113 Å². The summed E-state index contributed by atoms with van der Waals surface area (Å²) in [5, 5.41) is 9.02. The number of hydrogen-bond donors (Lipinski definition) is 2. The maximum absolute atomic E-state index is 9.02. The molecule has 0 saturated carbocycles. The summed E-state index contributed by atoms with van der Waals surface area (Å²) in [5.41, 5.74) is 8.82. The molecule has 0 radical (unpaired) electrons. The molecule has 0 fully saturated rings. The Kier molecular flexibility index (Phi) is 4.95. The summed E-state index contributed by atoms with van der Waals surface area (Å²) in [6.07, 6.45) is 0.613. The van der Waals surface area contributed by atoms with Crippen molar-refractivity contribution in [2.45, 2.75) is 19.6 Å². The van der Waals surface area contributed by atoms with Crippen molar-refractivity contribution in [3.8, 4) is 5.75 Å². The molecule has 0 heterocycles. The smallest absolute Gasteiger partial charge is 0.123 e. The van der Waals surface area contributed by atoms with E-state index in [1.807, 2.05) is 48.5 Å². The number of benzene rings is 2. The molecule has 0 amide bonds. The molecule has 0 spiro atoms. The van der Waals surface area contributed by atoms with Gasteiger partial charge >= 0.3 is 0 Å². The molecular weight excluding hydrogens is 238 g/mol. The number of nitrogens with two attached hydrogens (primary N) is 1. The zero-order chi connectivity index (χ0) is 13.5. The van der Waals surface area contributed by atoms with Gasteiger partial charge in [0.05, 0.1) is 0 Å². The highest BCUT2D eigenvalue weighted by Crippen LogP contribution is 2.19. The van der Waals surface area contributed by atoms with Gasteiger partial charge in [-0.3, -0.25) is 0 Å². The molecule has 3 heteroatoms. The first kappa shape index (κ1) is 13.6. The van der Waals surface area contributed by atoms with Crippen LogP contribution < -0.4 is 10.5 Å². The molecule has 0 aliphatic heterocycles. The van der Waals surface area contributed by atoms with Gasteiger partial charge in [-0.05, 0) is 29.2 Å². The monoisotopic (exact) mass is 257 g/mol. The molecule has 0 aliphatic rings. The average Bonchev–Trinajstić information content (AvgIpc) is 2.47. The predicted molar refractivity (Wildman–Crippen MR) is 75.9 cm³/mol. The van der Waals surface area contributed by atoms with E-state index >= 15 is 0 Å². The van der Waals surface area contributed by atoms with E-state index < -0.39 is 0 Å². The van der Waals surface area contributed by atoms with E-state index in [2.05, 4.69) is 0 Å². The van der Waals surface area contributed by atoms with Crippen LogP contribution in [0.3, 0.4) is 0 Å². The van der Waals surface area contributed by atoms with Crippen molar-refractivity contribution in [1.82, 2.24) is 0 Å². The van der Waals surface area contributed by atoms with Crippen LogP contribution in [0, 0.1) is 0 Å². The zero-order valence-electron chi connectivity index (χ0n) is 10.9. The summed E-state index contributed by atoms with van der Waals surface area (Å²) >= 11 is 0. The maximum Gasteiger partial charge on any atom is 0.123 e. The summed E-state index contributed by atoms with van der Waals surface area (Å²) in [7, 11) is 0. The number of ether oxygens (including phenoxy) is 1. The van der Waals surface area contributed by atoms with E-state index in [1.54, 1.807) is 0 Å². The van der Waals surface area contributed by atoms with Gasteiger partial charge in [-0.15, -0.1) is 0 Å². The van der Waals surface area contributed by atoms with Crippen molar-refractivity contribution < 1.29 is 9.84 Å². The van der Waals surface area contributed by atoms with Crippen LogP contribution in [-0.2, 0) is 19.6 Å². The van der Waals surface area contributed by atoms with Crippen LogP contribution in [0.5, 0.6) is 5.75 Å². The molecule has 2 aromatic rings. The van der Waals surface area contributed by atoms with Crippen molar-refractivity contribution in [2.75, 3.05) is 6.61 Å². The molecule has 0 atom stereocenters. The molecule has 0 aromatic heterocycles. The highest BCUT2D eigenvalue weighted by molar-refractivity contribution is 5.34. The van der Waals surface area contributed by atoms with Gasteiger partial charge in [0.1, 0.15) is 12.4 Å². The topological polar surface area (TPSA) is 55.5 Å². The lowest BCUT2D eigenvalue weighted by Crippen LogP contribution is -2.01. The SMILES string of the molecule is NCc1ccc(COc2ccccc2CCO)cc1. The van der Waals surface area contributed by atoms with Gasteiger partial charge in [0.15, 0.2) is 0 Å². The van der Waals surface area contributed by atoms with Crippen LogP contribution in [0.15, 0.2) is 48.5 Å². The largest absolute Gasteiger partial charge is 0.489 e. The lowest BCUT2D eigenvalue weighted by Gasteiger charge is -2.11. The molecule has 2 aromatic carbocycles. The summed E-state index contributed by atoms with van der Waals surface area (Å²) in [6, 6.07) is 15.9. The Morgan fingerprint density at radius 3 is 2.32 bits per heavy atom. The van der Waals surface area contributed by atoms with Crippen molar-refractivity contribution in [3.63, 3.8) is 0 Å². The summed E-state index contributed by atoms with van der Waals surface area (Å²) < 4.78 is 5.81. The third kappa shape index (κ3) is 3.81. The molecule has 19 heavy (non-hydrogen) atoms. The minimum Gasteiger partial charge on any atom is -0.489 e. The Morgan fingerprint density at radius 2 is 1.63 bits per heavy atom. The van der Waals surface area contributed by atoms with Gasteiger partial charge < -0.3 is 15.6 Å². The van der Waals surface area contributed by atoms with Gasteiger partial charge in [0, 0.05) is 13.2 Å². The lowest BCUT2D eigenvalue weighted by atomic mass is 10.1.